The molecule has 2 aromatic carbocycles. The molecule has 1 nitrogen and oxygen atoms in total. The Morgan fingerprint density at radius 1 is 0.696 bits per heavy atom. The summed E-state index contributed by atoms with van der Waals surface area (Å²) in [7, 11) is 2.18. The Bertz CT molecular complexity index is 678. The molecule has 3 rings (SSSR count). The molecular formula is C22H29N. The van der Waals surface area contributed by atoms with Gasteiger partial charge in [0.05, 0.1) is 0 Å². The van der Waals surface area contributed by atoms with Gasteiger partial charge in [-0.25, -0.2) is 0 Å². The van der Waals surface area contributed by atoms with E-state index in [-0.39, 0.29) is 10.8 Å². The van der Waals surface area contributed by atoms with Crippen LogP contribution in [-0.2, 0) is 17.3 Å². The first-order valence-electron chi connectivity index (χ1n) is 8.58. The molecule has 1 heteroatoms. The molecule has 0 aliphatic carbocycles. The number of anilines is 2. The quantitative estimate of drug-likeness (QED) is 0.581. The highest BCUT2D eigenvalue weighted by Crippen LogP contribution is 2.40. The largest absolute Gasteiger partial charge is 0.344 e. The van der Waals surface area contributed by atoms with E-state index in [1.165, 1.54) is 33.6 Å². The van der Waals surface area contributed by atoms with Crippen molar-refractivity contribution in [3.8, 4) is 0 Å². The zero-order chi connectivity index (χ0) is 17.0. The van der Waals surface area contributed by atoms with E-state index in [0.717, 1.165) is 6.42 Å². The zero-order valence-electron chi connectivity index (χ0n) is 15.6. The summed E-state index contributed by atoms with van der Waals surface area (Å²) in [5, 5.41) is 0. The van der Waals surface area contributed by atoms with E-state index in [1.807, 2.05) is 0 Å². The van der Waals surface area contributed by atoms with Crippen LogP contribution in [0.15, 0.2) is 36.4 Å². The highest BCUT2D eigenvalue weighted by Gasteiger charge is 2.24. The fourth-order valence-electron chi connectivity index (χ4n) is 3.38. The van der Waals surface area contributed by atoms with E-state index in [4.69, 9.17) is 0 Å². The molecule has 0 radical (unpaired) electrons. The van der Waals surface area contributed by atoms with Gasteiger partial charge in [-0.2, -0.15) is 0 Å². The summed E-state index contributed by atoms with van der Waals surface area (Å²) >= 11 is 0. The Morgan fingerprint density at radius 2 is 1.09 bits per heavy atom. The number of fused-ring (bicyclic) bond motifs is 2. The number of hydrogen-bond donors (Lipinski definition) is 0. The van der Waals surface area contributed by atoms with Crippen molar-refractivity contribution in [2.45, 2.75) is 58.8 Å². The molecule has 0 saturated carbocycles. The van der Waals surface area contributed by atoms with Crippen molar-refractivity contribution < 1.29 is 0 Å². The monoisotopic (exact) mass is 307 g/mol. The third kappa shape index (κ3) is 2.89. The average Bonchev–Trinajstić information content (AvgIpc) is 2.44. The van der Waals surface area contributed by atoms with Crippen LogP contribution in [-0.4, -0.2) is 7.05 Å². The van der Waals surface area contributed by atoms with E-state index in [2.05, 4.69) is 89.9 Å². The smallest absolute Gasteiger partial charge is 0.0444 e. The molecular weight excluding hydrogens is 278 g/mol. The summed E-state index contributed by atoms with van der Waals surface area (Å²) in [4.78, 5) is 2.34. The van der Waals surface area contributed by atoms with Crippen LogP contribution in [0.1, 0.15) is 63.8 Å². The van der Waals surface area contributed by atoms with Crippen LogP contribution < -0.4 is 4.90 Å². The molecule has 1 heterocycles. The molecule has 0 N–H and O–H groups in total. The minimum atomic E-state index is 0.196. The van der Waals surface area contributed by atoms with Crippen LogP contribution >= 0.6 is 0 Å². The van der Waals surface area contributed by atoms with Crippen molar-refractivity contribution in [3.05, 3.63) is 58.7 Å². The third-order valence-electron chi connectivity index (χ3n) is 4.99. The molecule has 122 valence electrons. The summed E-state index contributed by atoms with van der Waals surface area (Å²) in [5.41, 5.74) is 8.79. The summed E-state index contributed by atoms with van der Waals surface area (Å²) in [5.74, 6) is 0. The maximum Gasteiger partial charge on any atom is 0.0444 e. The Morgan fingerprint density at radius 3 is 1.43 bits per heavy atom. The lowest BCUT2D eigenvalue weighted by atomic mass is 9.82. The first-order chi connectivity index (χ1) is 10.6. The maximum atomic E-state index is 2.40. The molecule has 0 bridgehead atoms. The molecule has 23 heavy (non-hydrogen) atoms. The summed E-state index contributed by atoms with van der Waals surface area (Å²) in [6.45, 7) is 13.7. The second kappa shape index (κ2) is 5.12. The Labute approximate surface area is 141 Å². The molecule has 0 spiro atoms. The van der Waals surface area contributed by atoms with Gasteiger partial charge in [0.25, 0.3) is 0 Å². The molecule has 1 aliphatic rings. The fraction of sp³-hybridized carbons (Fsp3) is 0.455. The van der Waals surface area contributed by atoms with Gasteiger partial charge in [-0.05, 0) is 45.2 Å². The van der Waals surface area contributed by atoms with Gasteiger partial charge in [0.2, 0.25) is 0 Å². The lowest BCUT2D eigenvalue weighted by Crippen LogP contribution is -2.21. The Kier molecular flexibility index (Phi) is 3.59. The topological polar surface area (TPSA) is 3.24 Å². The van der Waals surface area contributed by atoms with Gasteiger partial charge in [-0.3, -0.25) is 0 Å². The summed E-state index contributed by atoms with van der Waals surface area (Å²) in [6.07, 6.45) is 1.03. The second-order valence-corrected chi connectivity index (χ2v) is 8.92. The zero-order valence-corrected chi connectivity index (χ0v) is 15.6. The van der Waals surface area contributed by atoms with Crippen molar-refractivity contribution in [1.82, 2.24) is 0 Å². The fourth-order valence-corrected chi connectivity index (χ4v) is 3.38. The molecule has 1 aliphatic heterocycles. The van der Waals surface area contributed by atoms with Crippen LogP contribution in [0, 0.1) is 0 Å². The standard InChI is InChI=1S/C22H29N/c1-21(2,3)17-8-10-19-15(13-17)12-16-14-18(22(4,5)6)9-11-20(16)23(19)7/h8-11,13-14H,12H2,1-7H3. The number of nitrogens with zero attached hydrogens (tertiary/aromatic N) is 1. The lowest BCUT2D eigenvalue weighted by Gasteiger charge is -2.33. The molecule has 0 saturated heterocycles. The van der Waals surface area contributed by atoms with Crippen molar-refractivity contribution in [3.63, 3.8) is 0 Å². The first-order valence-corrected chi connectivity index (χ1v) is 8.58. The van der Waals surface area contributed by atoms with Crippen LogP contribution in [0.2, 0.25) is 0 Å². The van der Waals surface area contributed by atoms with Crippen molar-refractivity contribution in [2.24, 2.45) is 0 Å². The summed E-state index contributed by atoms with van der Waals surface area (Å²) in [6, 6.07) is 13.9. The minimum absolute atomic E-state index is 0.196. The van der Waals surface area contributed by atoms with E-state index >= 15 is 0 Å². The molecule has 2 aromatic rings. The molecule has 0 fully saturated rings. The van der Waals surface area contributed by atoms with E-state index < -0.39 is 0 Å². The molecule has 0 aromatic heterocycles. The minimum Gasteiger partial charge on any atom is -0.344 e. The van der Waals surface area contributed by atoms with E-state index in [0.29, 0.717) is 0 Å². The molecule has 0 unspecified atom stereocenters. The summed E-state index contributed by atoms with van der Waals surface area (Å²) < 4.78 is 0. The average molecular weight is 307 g/mol. The predicted molar refractivity (Wildman–Crippen MR) is 101 cm³/mol. The van der Waals surface area contributed by atoms with Crippen molar-refractivity contribution in [1.29, 1.82) is 0 Å². The normalized spacial score (nSPS) is 14.5. The maximum absolute atomic E-state index is 2.40. The van der Waals surface area contributed by atoms with Gasteiger partial charge in [-0.1, -0.05) is 65.8 Å². The van der Waals surface area contributed by atoms with Gasteiger partial charge < -0.3 is 4.90 Å². The van der Waals surface area contributed by atoms with Crippen LogP contribution in [0.5, 0.6) is 0 Å². The Hall–Kier alpha value is -1.76. The highest BCUT2D eigenvalue weighted by atomic mass is 15.1. The van der Waals surface area contributed by atoms with E-state index in [1.54, 1.807) is 0 Å². The third-order valence-corrected chi connectivity index (χ3v) is 4.99. The van der Waals surface area contributed by atoms with Crippen molar-refractivity contribution in [2.75, 3.05) is 11.9 Å². The van der Waals surface area contributed by atoms with Gasteiger partial charge in [0, 0.05) is 24.8 Å². The van der Waals surface area contributed by atoms with Crippen LogP contribution in [0.3, 0.4) is 0 Å². The second-order valence-electron chi connectivity index (χ2n) is 8.92. The number of rotatable bonds is 0. The number of benzene rings is 2. The van der Waals surface area contributed by atoms with Crippen LogP contribution in [0.25, 0.3) is 0 Å². The van der Waals surface area contributed by atoms with E-state index in [9.17, 15) is 0 Å². The highest BCUT2D eigenvalue weighted by molar-refractivity contribution is 5.74. The Balaban J connectivity index is 2.08. The predicted octanol–water partition coefficient (Wildman–Crippen LogP) is 5.95. The SMILES string of the molecule is CN1c2ccc(C(C)(C)C)cc2Cc2cc(C(C)(C)C)ccc21. The first kappa shape index (κ1) is 16.1. The van der Waals surface area contributed by atoms with Crippen molar-refractivity contribution >= 4 is 11.4 Å². The van der Waals surface area contributed by atoms with Gasteiger partial charge in [-0.15, -0.1) is 0 Å². The molecule has 0 amide bonds. The van der Waals surface area contributed by atoms with Gasteiger partial charge in [0.1, 0.15) is 0 Å². The molecule has 0 atom stereocenters. The lowest BCUT2D eigenvalue weighted by molar-refractivity contribution is 0.588. The van der Waals surface area contributed by atoms with Gasteiger partial charge in [0.15, 0.2) is 0 Å². The van der Waals surface area contributed by atoms with Crippen LogP contribution in [0.4, 0.5) is 11.4 Å². The van der Waals surface area contributed by atoms with Gasteiger partial charge >= 0.3 is 0 Å². The number of hydrogen-bond acceptors (Lipinski definition) is 1.